The molecule has 3 aromatic rings. The number of nitrogens with one attached hydrogen (secondary N) is 3. The molecular weight excluding hydrogens is 400 g/mol. The second kappa shape index (κ2) is 8.23. The Labute approximate surface area is 178 Å². The Kier molecular flexibility index (Phi) is 5.50. The number of fused-ring (bicyclic) bond motifs is 1. The fourth-order valence-electron chi connectivity index (χ4n) is 3.60. The lowest BCUT2D eigenvalue weighted by Gasteiger charge is -2.30. The van der Waals surface area contributed by atoms with Gasteiger partial charge in [0.25, 0.3) is 0 Å². The van der Waals surface area contributed by atoms with E-state index in [2.05, 4.69) is 20.6 Å². The summed E-state index contributed by atoms with van der Waals surface area (Å²) >= 11 is 1.42. The average Bonchev–Trinajstić information content (AvgIpc) is 3.14. The first-order chi connectivity index (χ1) is 14.5. The first-order valence-corrected chi connectivity index (χ1v) is 10.5. The van der Waals surface area contributed by atoms with Crippen molar-refractivity contribution < 1.29 is 14.3 Å². The minimum absolute atomic E-state index is 0.354. The zero-order valence-corrected chi connectivity index (χ0v) is 17.7. The van der Waals surface area contributed by atoms with E-state index in [1.165, 1.54) is 18.9 Å². The number of hydrogen-bond donors (Lipinski definition) is 3. The molecule has 0 fully saturated rings. The minimum Gasteiger partial charge on any atom is -0.466 e. The maximum absolute atomic E-state index is 12.7. The third-order valence-electron chi connectivity index (χ3n) is 5.02. The van der Waals surface area contributed by atoms with Crippen LogP contribution in [0.3, 0.4) is 0 Å². The molecule has 8 heteroatoms. The summed E-state index contributed by atoms with van der Waals surface area (Å²) < 4.78 is 5.05. The third-order valence-corrected chi connectivity index (χ3v) is 5.92. The number of amides is 2. The number of aryl methyl sites for hydroxylation is 2. The lowest BCUT2D eigenvalue weighted by Crippen LogP contribution is -2.46. The normalized spacial score (nSPS) is 16.4. The van der Waals surface area contributed by atoms with E-state index in [4.69, 9.17) is 4.74 Å². The highest BCUT2D eigenvalue weighted by Gasteiger charge is 2.34. The van der Waals surface area contributed by atoms with E-state index in [1.807, 2.05) is 56.3 Å². The number of hydrogen-bond acceptors (Lipinski definition) is 5. The van der Waals surface area contributed by atoms with Gasteiger partial charge in [0.05, 0.1) is 29.8 Å². The molecule has 1 aliphatic heterocycles. The number of para-hydroxylation sites is 2. The van der Waals surface area contributed by atoms with Gasteiger partial charge in [-0.3, -0.25) is 0 Å². The van der Waals surface area contributed by atoms with E-state index in [-0.39, 0.29) is 6.03 Å². The molecule has 1 atom stereocenters. The fourth-order valence-corrected chi connectivity index (χ4v) is 4.46. The number of methoxy groups -OCH3 is 1. The number of aromatic amines is 1. The van der Waals surface area contributed by atoms with E-state index >= 15 is 0 Å². The Morgan fingerprint density at radius 3 is 2.73 bits per heavy atom. The van der Waals surface area contributed by atoms with Crippen LogP contribution in [0.25, 0.3) is 11.0 Å². The second-order valence-corrected chi connectivity index (χ2v) is 8.09. The molecule has 0 bridgehead atoms. The average molecular weight is 423 g/mol. The first-order valence-electron chi connectivity index (χ1n) is 9.50. The third kappa shape index (κ3) is 3.91. The van der Waals surface area contributed by atoms with Gasteiger partial charge in [0.2, 0.25) is 0 Å². The van der Waals surface area contributed by atoms with Gasteiger partial charge in [-0.15, -0.1) is 0 Å². The molecule has 0 aliphatic carbocycles. The molecule has 3 N–H and O–H groups in total. The van der Waals surface area contributed by atoms with Crippen LogP contribution in [0.4, 0.5) is 4.79 Å². The Hall–Kier alpha value is -3.26. The molecule has 2 aromatic carbocycles. The SMILES string of the molecule is COC(=O)C1=C(CSc2nc3ccccc3[nH]2)NC(=O)N[C@H]1c1ccc(C)cc1C. The topological polar surface area (TPSA) is 96.1 Å². The van der Waals surface area contributed by atoms with Crippen molar-refractivity contribution in [3.63, 3.8) is 0 Å². The van der Waals surface area contributed by atoms with Crippen molar-refractivity contribution in [2.45, 2.75) is 25.0 Å². The number of esters is 1. The van der Waals surface area contributed by atoms with Crippen molar-refractivity contribution >= 4 is 34.8 Å². The van der Waals surface area contributed by atoms with Gasteiger partial charge >= 0.3 is 12.0 Å². The largest absolute Gasteiger partial charge is 0.466 e. The van der Waals surface area contributed by atoms with Crippen molar-refractivity contribution in [1.82, 2.24) is 20.6 Å². The lowest BCUT2D eigenvalue weighted by molar-refractivity contribution is -0.136. The summed E-state index contributed by atoms with van der Waals surface area (Å²) in [5.41, 5.74) is 5.68. The highest BCUT2D eigenvalue weighted by molar-refractivity contribution is 7.99. The van der Waals surface area contributed by atoms with Crippen LogP contribution < -0.4 is 10.6 Å². The molecule has 0 unspecified atom stereocenters. The summed E-state index contributed by atoms with van der Waals surface area (Å²) in [6.07, 6.45) is 0. The van der Waals surface area contributed by atoms with Crippen LogP contribution in [0.2, 0.25) is 0 Å². The van der Waals surface area contributed by atoms with Crippen molar-refractivity contribution in [1.29, 1.82) is 0 Å². The van der Waals surface area contributed by atoms with E-state index < -0.39 is 12.0 Å². The Morgan fingerprint density at radius 1 is 1.20 bits per heavy atom. The monoisotopic (exact) mass is 422 g/mol. The van der Waals surface area contributed by atoms with Crippen LogP contribution in [0.1, 0.15) is 22.7 Å². The van der Waals surface area contributed by atoms with Gasteiger partial charge in [-0.25, -0.2) is 14.6 Å². The molecule has 2 heterocycles. The zero-order chi connectivity index (χ0) is 21.3. The number of carbonyl (C=O) groups excluding carboxylic acids is 2. The molecule has 4 rings (SSSR count). The molecule has 1 aromatic heterocycles. The Balaban J connectivity index is 1.70. The molecule has 0 spiro atoms. The van der Waals surface area contributed by atoms with Crippen LogP contribution in [0.5, 0.6) is 0 Å². The number of imidazole rings is 1. The number of nitrogens with zero attached hydrogens (tertiary/aromatic N) is 1. The molecule has 30 heavy (non-hydrogen) atoms. The predicted octanol–water partition coefficient (Wildman–Crippen LogP) is 3.75. The number of rotatable bonds is 5. The number of urea groups is 1. The smallest absolute Gasteiger partial charge is 0.338 e. The number of ether oxygens (including phenoxy) is 1. The highest BCUT2D eigenvalue weighted by atomic mass is 32.2. The number of aromatic nitrogens is 2. The molecule has 2 amide bonds. The van der Waals surface area contributed by atoms with Crippen LogP contribution in [0.15, 0.2) is 58.9 Å². The molecule has 0 saturated heterocycles. The van der Waals surface area contributed by atoms with Gasteiger partial charge in [-0.05, 0) is 37.1 Å². The second-order valence-electron chi connectivity index (χ2n) is 7.12. The van der Waals surface area contributed by atoms with Crippen LogP contribution in [-0.2, 0) is 9.53 Å². The molecule has 0 saturated carbocycles. The van der Waals surface area contributed by atoms with Gasteiger partial charge in [-0.2, -0.15) is 0 Å². The zero-order valence-electron chi connectivity index (χ0n) is 16.9. The molecule has 7 nitrogen and oxygen atoms in total. The van der Waals surface area contributed by atoms with Crippen LogP contribution in [-0.4, -0.2) is 34.8 Å². The Bertz CT molecular complexity index is 1140. The predicted molar refractivity (Wildman–Crippen MR) is 116 cm³/mol. The van der Waals surface area contributed by atoms with Gasteiger partial charge in [0.15, 0.2) is 5.16 Å². The summed E-state index contributed by atoms with van der Waals surface area (Å²) in [6.45, 7) is 3.97. The summed E-state index contributed by atoms with van der Waals surface area (Å²) in [7, 11) is 1.34. The van der Waals surface area contributed by atoms with Gasteiger partial charge in [-0.1, -0.05) is 47.7 Å². The number of thioether (sulfide) groups is 1. The van der Waals surface area contributed by atoms with Gasteiger partial charge in [0.1, 0.15) is 0 Å². The summed E-state index contributed by atoms with van der Waals surface area (Å²) in [5, 5.41) is 6.36. The highest BCUT2D eigenvalue weighted by Crippen LogP contribution is 2.32. The standard InChI is InChI=1S/C22H22N4O3S/c1-12-8-9-14(13(2)10-12)19-18(20(27)29-3)17(23-21(28)26-19)11-30-22-24-15-6-4-5-7-16(15)25-22/h4-10,19H,11H2,1-3H3,(H,24,25)(H2,23,26,28)/t19-/m0/s1. The van der Waals surface area contributed by atoms with Crippen molar-refractivity contribution in [2.24, 2.45) is 0 Å². The number of carbonyl (C=O) groups is 2. The lowest BCUT2D eigenvalue weighted by atomic mass is 9.91. The van der Waals surface area contributed by atoms with Gasteiger partial charge < -0.3 is 20.4 Å². The maximum Gasteiger partial charge on any atom is 0.338 e. The van der Waals surface area contributed by atoms with Crippen LogP contribution in [0, 0.1) is 13.8 Å². The quantitative estimate of drug-likeness (QED) is 0.430. The number of benzene rings is 2. The van der Waals surface area contributed by atoms with Crippen molar-refractivity contribution in [3.05, 3.63) is 70.4 Å². The van der Waals surface area contributed by atoms with Crippen molar-refractivity contribution in [3.8, 4) is 0 Å². The Morgan fingerprint density at radius 2 is 2.00 bits per heavy atom. The van der Waals surface area contributed by atoms with E-state index in [9.17, 15) is 9.59 Å². The minimum atomic E-state index is -0.585. The molecule has 0 radical (unpaired) electrons. The summed E-state index contributed by atoms with van der Waals surface area (Å²) in [6, 6.07) is 12.7. The summed E-state index contributed by atoms with van der Waals surface area (Å²) in [5.74, 6) is -0.119. The molecule has 1 aliphatic rings. The van der Waals surface area contributed by atoms with E-state index in [0.29, 0.717) is 22.2 Å². The van der Waals surface area contributed by atoms with Crippen LogP contribution >= 0.6 is 11.8 Å². The summed E-state index contributed by atoms with van der Waals surface area (Å²) in [4.78, 5) is 32.9. The fraction of sp³-hybridized carbons (Fsp3) is 0.227. The molecule has 154 valence electrons. The van der Waals surface area contributed by atoms with E-state index in [1.54, 1.807) is 0 Å². The van der Waals surface area contributed by atoms with E-state index in [0.717, 1.165) is 27.7 Å². The van der Waals surface area contributed by atoms with Crippen molar-refractivity contribution in [2.75, 3.05) is 12.9 Å². The maximum atomic E-state index is 12.7. The number of H-pyrrole nitrogens is 1. The first kappa shape index (κ1) is 20.0. The van der Waals surface area contributed by atoms with Gasteiger partial charge in [0, 0.05) is 11.4 Å². The molecular formula is C22H22N4O3S.